The van der Waals surface area contributed by atoms with Crippen LogP contribution in [0.15, 0.2) is 23.2 Å². The van der Waals surface area contributed by atoms with Crippen molar-refractivity contribution in [3.63, 3.8) is 0 Å². The van der Waals surface area contributed by atoms with Crippen molar-refractivity contribution in [2.75, 3.05) is 6.54 Å². The highest BCUT2D eigenvalue weighted by Crippen LogP contribution is 2.30. The summed E-state index contributed by atoms with van der Waals surface area (Å²) in [7, 11) is 0. The minimum atomic E-state index is -0.799. The van der Waals surface area contributed by atoms with Gasteiger partial charge in [-0.2, -0.15) is 4.99 Å². The number of carbonyl (C=O) groups excluding carboxylic acids is 1. The van der Waals surface area contributed by atoms with Gasteiger partial charge in [0.1, 0.15) is 17.7 Å². The van der Waals surface area contributed by atoms with Crippen molar-refractivity contribution in [1.82, 2.24) is 4.90 Å². The highest BCUT2D eigenvalue weighted by molar-refractivity contribution is 6.30. The quantitative estimate of drug-likeness (QED) is 0.831. The molecule has 0 fully saturated rings. The lowest BCUT2D eigenvalue weighted by Gasteiger charge is -2.22. The van der Waals surface area contributed by atoms with E-state index in [4.69, 9.17) is 23.8 Å². The molecule has 6 heteroatoms. The number of terminal acetylenes is 1. The maximum atomic E-state index is 13.8. The fourth-order valence-electron chi connectivity index (χ4n) is 1.81. The molecule has 4 nitrogen and oxygen atoms in total. The molecular weight excluding hydrogens is 257 g/mol. The van der Waals surface area contributed by atoms with Crippen LogP contribution in [0.25, 0.3) is 0 Å². The Morgan fingerprint density at radius 1 is 1.61 bits per heavy atom. The average molecular weight is 266 g/mol. The summed E-state index contributed by atoms with van der Waals surface area (Å²) in [6, 6.07) is 2.66. The Labute approximate surface area is 108 Å². The maximum Gasteiger partial charge on any atom is 0.346 e. The fourth-order valence-corrected chi connectivity index (χ4v) is 2.00. The number of nitrogens with two attached hydrogens (primary N) is 1. The van der Waals surface area contributed by atoms with E-state index in [0.29, 0.717) is 5.02 Å². The summed E-state index contributed by atoms with van der Waals surface area (Å²) in [5, 5.41) is 0.346. The first-order chi connectivity index (χ1) is 8.54. The van der Waals surface area contributed by atoms with E-state index in [-0.39, 0.29) is 17.9 Å². The molecule has 0 saturated heterocycles. The van der Waals surface area contributed by atoms with E-state index in [1.165, 1.54) is 23.1 Å². The number of urea groups is 1. The Balaban J connectivity index is 2.48. The zero-order valence-electron chi connectivity index (χ0n) is 9.23. The molecule has 0 saturated carbocycles. The number of amidine groups is 1. The molecule has 2 rings (SSSR count). The largest absolute Gasteiger partial charge is 0.385 e. The van der Waals surface area contributed by atoms with Crippen LogP contribution < -0.4 is 5.73 Å². The SMILES string of the molecule is C#CCN1C(=O)N=C(N)C1c1cc(Cl)ccc1F. The topological polar surface area (TPSA) is 58.7 Å². The van der Waals surface area contributed by atoms with Crippen LogP contribution in [0.4, 0.5) is 9.18 Å². The number of benzene rings is 1. The van der Waals surface area contributed by atoms with Gasteiger partial charge in [-0.1, -0.05) is 17.5 Å². The molecule has 0 spiro atoms. The smallest absolute Gasteiger partial charge is 0.346 e. The van der Waals surface area contributed by atoms with Crippen LogP contribution in [-0.2, 0) is 0 Å². The number of amides is 2. The molecule has 1 aromatic carbocycles. The Morgan fingerprint density at radius 2 is 2.33 bits per heavy atom. The highest BCUT2D eigenvalue weighted by atomic mass is 35.5. The van der Waals surface area contributed by atoms with Gasteiger partial charge in [-0.3, -0.25) is 4.90 Å². The van der Waals surface area contributed by atoms with E-state index in [1.807, 2.05) is 0 Å². The summed E-state index contributed by atoms with van der Waals surface area (Å²) >= 11 is 5.81. The molecule has 0 radical (unpaired) electrons. The second-order valence-electron chi connectivity index (χ2n) is 3.72. The second kappa shape index (κ2) is 4.67. The number of aliphatic imine (C=N–C) groups is 1. The van der Waals surface area contributed by atoms with E-state index in [0.717, 1.165) is 0 Å². The standard InChI is InChI=1S/C12H9ClFN3O/c1-2-5-17-10(11(15)16-12(17)18)8-6-7(13)3-4-9(8)14/h1,3-4,6,10H,5H2,(H2,15,16,18). The van der Waals surface area contributed by atoms with Gasteiger partial charge in [-0.05, 0) is 18.2 Å². The summed E-state index contributed by atoms with van der Waals surface area (Å²) in [5.41, 5.74) is 5.84. The number of hydrogen-bond acceptors (Lipinski definition) is 2. The van der Waals surface area contributed by atoms with Crippen molar-refractivity contribution in [1.29, 1.82) is 0 Å². The van der Waals surface area contributed by atoms with Crippen LogP contribution in [0.2, 0.25) is 5.02 Å². The average Bonchev–Trinajstić information content (AvgIpc) is 2.58. The molecule has 1 heterocycles. The molecular formula is C12H9ClFN3O. The van der Waals surface area contributed by atoms with Gasteiger partial charge >= 0.3 is 6.03 Å². The van der Waals surface area contributed by atoms with E-state index < -0.39 is 17.9 Å². The first-order valence-electron chi connectivity index (χ1n) is 5.07. The summed E-state index contributed by atoms with van der Waals surface area (Å²) in [4.78, 5) is 16.4. The van der Waals surface area contributed by atoms with Gasteiger partial charge in [-0.15, -0.1) is 6.42 Å². The molecule has 0 bridgehead atoms. The van der Waals surface area contributed by atoms with Gasteiger partial charge < -0.3 is 5.73 Å². The monoisotopic (exact) mass is 265 g/mol. The number of carbonyl (C=O) groups is 1. The van der Waals surface area contributed by atoms with Crippen LogP contribution >= 0.6 is 11.6 Å². The molecule has 1 aliphatic rings. The molecule has 92 valence electrons. The third-order valence-electron chi connectivity index (χ3n) is 2.58. The van der Waals surface area contributed by atoms with Gasteiger partial charge in [0.25, 0.3) is 0 Å². The van der Waals surface area contributed by atoms with Gasteiger partial charge in [0.2, 0.25) is 0 Å². The number of nitrogens with zero attached hydrogens (tertiary/aromatic N) is 2. The van der Waals surface area contributed by atoms with Gasteiger partial charge in [0.05, 0.1) is 6.54 Å². The van der Waals surface area contributed by atoms with E-state index >= 15 is 0 Å². The van der Waals surface area contributed by atoms with Crippen LogP contribution in [0.3, 0.4) is 0 Å². The van der Waals surface area contributed by atoms with Crippen molar-refractivity contribution in [3.05, 3.63) is 34.6 Å². The maximum absolute atomic E-state index is 13.8. The molecule has 1 unspecified atom stereocenters. The van der Waals surface area contributed by atoms with Crippen LogP contribution in [-0.4, -0.2) is 23.3 Å². The lowest BCUT2D eigenvalue weighted by Crippen LogP contribution is -2.34. The predicted octanol–water partition coefficient (Wildman–Crippen LogP) is 1.95. The molecule has 1 atom stereocenters. The normalized spacial score (nSPS) is 18.7. The van der Waals surface area contributed by atoms with Crippen molar-refractivity contribution in [2.24, 2.45) is 10.7 Å². The Hall–Kier alpha value is -2.06. The summed E-state index contributed by atoms with van der Waals surface area (Å²) in [5.74, 6) is 1.81. The summed E-state index contributed by atoms with van der Waals surface area (Å²) in [6.07, 6.45) is 5.17. The van der Waals surface area contributed by atoms with Crippen LogP contribution in [0, 0.1) is 18.2 Å². The fraction of sp³-hybridized carbons (Fsp3) is 0.167. The molecule has 2 amide bonds. The first kappa shape index (κ1) is 12.4. The zero-order valence-corrected chi connectivity index (χ0v) is 9.99. The molecule has 0 aliphatic carbocycles. The van der Waals surface area contributed by atoms with Crippen molar-refractivity contribution < 1.29 is 9.18 Å². The molecule has 18 heavy (non-hydrogen) atoms. The highest BCUT2D eigenvalue weighted by Gasteiger charge is 2.35. The molecule has 1 aromatic rings. The lowest BCUT2D eigenvalue weighted by molar-refractivity contribution is 0.213. The van der Waals surface area contributed by atoms with E-state index in [1.54, 1.807) is 0 Å². The van der Waals surface area contributed by atoms with Gasteiger partial charge in [-0.25, -0.2) is 9.18 Å². The molecule has 0 aromatic heterocycles. The molecule has 1 aliphatic heterocycles. The van der Waals surface area contributed by atoms with Crippen LogP contribution in [0.5, 0.6) is 0 Å². The zero-order chi connectivity index (χ0) is 13.3. The van der Waals surface area contributed by atoms with E-state index in [9.17, 15) is 9.18 Å². The third-order valence-corrected chi connectivity index (χ3v) is 2.81. The van der Waals surface area contributed by atoms with Crippen LogP contribution in [0.1, 0.15) is 11.6 Å². The minimum Gasteiger partial charge on any atom is -0.385 e. The van der Waals surface area contributed by atoms with Crippen molar-refractivity contribution in [3.8, 4) is 12.3 Å². The second-order valence-corrected chi connectivity index (χ2v) is 4.16. The van der Waals surface area contributed by atoms with Crippen molar-refractivity contribution >= 4 is 23.5 Å². The number of hydrogen-bond donors (Lipinski definition) is 1. The summed E-state index contributed by atoms with van der Waals surface area (Å²) in [6.45, 7) is -0.000344. The van der Waals surface area contributed by atoms with E-state index in [2.05, 4.69) is 10.9 Å². The first-order valence-corrected chi connectivity index (χ1v) is 5.45. The van der Waals surface area contributed by atoms with Gasteiger partial charge in [0, 0.05) is 10.6 Å². The summed E-state index contributed by atoms with van der Waals surface area (Å²) < 4.78 is 13.8. The third kappa shape index (κ3) is 2.03. The Morgan fingerprint density at radius 3 is 3.00 bits per heavy atom. The lowest BCUT2D eigenvalue weighted by atomic mass is 10.0. The Kier molecular flexibility index (Phi) is 3.21. The van der Waals surface area contributed by atoms with Gasteiger partial charge in [0.15, 0.2) is 0 Å². The molecule has 2 N–H and O–H groups in total. The number of rotatable bonds is 2. The number of halogens is 2. The predicted molar refractivity (Wildman–Crippen MR) is 66.7 cm³/mol. The Bertz CT molecular complexity index is 579. The minimum absolute atomic E-state index is 0.000344. The van der Waals surface area contributed by atoms with Crippen molar-refractivity contribution in [2.45, 2.75) is 6.04 Å².